The van der Waals surface area contributed by atoms with Crippen LogP contribution in [-0.4, -0.2) is 52.7 Å². The molecular weight excluding hydrogens is 450 g/mol. The third-order valence-electron chi connectivity index (χ3n) is 8.67. The number of aryl methyl sites for hydroxylation is 1. The van der Waals surface area contributed by atoms with Crippen LogP contribution in [-0.2, 0) is 16.6 Å². The van der Waals surface area contributed by atoms with Gasteiger partial charge in [0.25, 0.3) is 0 Å². The van der Waals surface area contributed by atoms with Gasteiger partial charge in [0.2, 0.25) is 0 Å². The lowest BCUT2D eigenvalue weighted by Crippen LogP contribution is -2.43. The highest BCUT2D eigenvalue weighted by molar-refractivity contribution is 5.76. The Kier molecular flexibility index (Phi) is 5.74. The first-order valence-electron chi connectivity index (χ1n) is 13.7. The fourth-order valence-electron chi connectivity index (χ4n) is 7.07. The highest BCUT2D eigenvalue weighted by atomic mass is 16.6. The lowest BCUT2D eigenvalue weighted by molar-refractivity contribution is 0.0223. The molecule has 36 heavy (non-hydrogen) atoms. The number of piperidine rings is 1. The first kappa shape index (κ1) is 23.7. The van der Waals surface area contributed by atoms with E-state index in [1.807, 2.05) is 25.7 Å². The number of ether oxygens (including phenoxy) is 1. The molecule has 1 amide bonds. The second kappa shape index (κ2) is 8.72. The maximum atomic E-state index is 13.2. The van der Waals surface area contributed by atoms with E-state index in [-0.39, 0.29) is 17.6 Å². The molecule has 1 N–H and O–H groups in total. The smallest absolute Gasteiger partial charge is 0.410 e. The summed E-state index contributed by atoms with van der Waals surface area (Å²) in [6.07, 6.45) is 7.90. The van der Waals surface area contributed by atoms with Crippen molar-refractivity contribution < 1.29 is 9.53 Å². The fourth-order valence-corrected chi connectivity index (χ4v) is 7.07. The molecule has 2 saturated heterocycles. The van der Waals surface area contributed by atoms with Gasteiger partial charge in [-0.1, -0.05) is 19.1 Å². The van der Waals surface area contributed by atoms with Crippen molar-refractivity contribution in [2.45, 2.75) is 89.2 Å². The number of nitrogens with zero attached hydrogens (tertiary/aromatic N) is 4. The van der Waals surface area contributed by atoms with Gasteiger partial charge >= 0.3 is 6.09 Å². The van der Waals surface area contributed by atoms with Crippen LogP contribution in [0.5, 0.6) is 0 Å². The third kappa shape index (κ3) is 3.87. The Morgan fingerprint density at radius 3 is 2.75 bits per heavy atom. The summed E-state index contributed by atoms with van der Waals surface area (Å²) in [7, 11) is 0. The zero-order valence-electron chi connectivity index (χ0n) is 22.1. The van der Waals surface area contributed by atoms with Gasteiger partial charge in [-0.15, -0.1) is 0 Å². The average molecular weight is 490 g/mol. The Hall–Kier alpha value is -2.67. The van der Waals surface area contributed by atoms with E-state index in [1.165, 1.54) is 28.1 Å². The molecule has 6 rings (SSSR count). The van der Waals surface area contributed by atoms with Gasteiger partial charge in [0.05, 0.1) is 6.04 Å². The molecule has 0 unspecified atom stereocenters. The number of hydrogen-bond acceptors (Lipinski definition) is 6. The number of carbonyl (C=O) groups excluding carboxylic acids is 1. The van der Waals surface area contributed by atoms with Crippen molar-refractivity contribution in [2.24, 2.45) is 0 Å². The molecule has 1 spiro atoms. The number of likely N-dealkylation sites (tertiary alicyclic amines) is 1. The largest absolute Gasteiger partial charge is 0.444 e. The molecule has 2 fully saturated rings. The Morgan fingerprint density at radius 2 is 1.97 bits per heavy atom. The van der Waals surface area contributed by atoms with E-state index in [9.17, 15) is 4.79 Å². The molecule has 1 aromatic carbocycles. The van der Waals surface area contributed by atoms with Crippen LogP contribution < -0.4 is 10.2 Å². The molecule has 1 aromatic heterocycles. The van der Waals surface area contributed by atoms with Gasteiger partial charge in [0.15, 0.2) is 0 Å². The quantitative estimate of drug-likeness (QED) is 0.611. The number of hydrogen-bond donors (Lipinski definition) is 1. The first-order valence-corrected chi connectivity index (χ1v) is 13.7. The molecule has 2 atom stereocenters. The van der Waals surface area contributed by atoms with Crippen LogP contribution in [0.25, 0.3) is 0 Å². The van der Waals surface area contributed by atoms with Crippen molar-refractivity contribution in [1.29, 1.82) is 0 Å². The van der Waals surface area contributed by atoms with Crippen LogP contribution in [0.1, 0.15) is 94.1 Å². The van der Waals surface area contributed by atoms with Crippen LogP contribution in [0.2, 0.25) is 0 Å². The summed E-state index contributed by atoms with van der Waals surface area (Å²) in [5, 5.41) is 3.58. The lowest BCUT2D eigenvalue weighted by Gasteiger charge is -2.37. The second-order valence-electron chi connectivity index (χ2n) is 12.2. The predicted molar refractivity (Wildman–Crippen MR) is 141 cm³/mol. The molecular formula is C29H39N5O2. The molecule has 4 aliphatic rings. The van der Waals surface area contributed by atoms with Crippen LogP contribution in [0.3, 0.4) is 0 Å². The Morgan fingerprint density at radius 1 is 1.17 bits per heavy atom. The monoisotopic (exact) mass is 489 g/mol. The molecule has 192 valence electrons. The van der Waals surface area contributed by atoms with E-state index >= 15 is 0 Å². The van der Waals surface area contributed by atoms with E-state index in [2.05, 4.69) is 40.3 Å². The molecule has 7 nitrogen and oxygen atoms in total. The van der Waals surface area contributed by atoms with Crippen molar-refractivity contribution in [3.63, 3.8) is 0 Å². The van der Waals surface area contributed by atoms with Gasteiger partial charge in [0, 0.05) is 35.4 Å². The number of aromatic nitrogens is 2. The first-order chi connectivity index (χ1) is 17.3. The molecule has 0 radical (unpaired) electrons. The molecule has 0 bridgehead atoms. The fraction of sp³-hybridized carbons (Fsp3) is 0.621. The highest BCUT2D eigenvalue weighted by Crippen LogP contribution is 2.54. The van der Waals surface area contributed by atoms with Gasteiger partial charge in [-0.25, -0.2) is 14.8 Å². The summed E-state index contributed by atoms with van der Waals surface area (Å²) in [6.45, 7) is 11.9. The van der Waals surface area contributed by atoms with Crippen molar-refractivity contribution in [1.82, 2.24) is 20.2 Å². The van der Waals surface area contributed by atoms with Gasteiger partial charge in [0.1, 0.15) is 17.7 Å². The number of anilines is 2. The second-order valence-corrected chi connectivity index (χ2v) is 12.2. The zero-order chi connectivity index (χ0) is 25.1. The topological polar surface area (TPSA) is 70.6 Å². The highest BCUT2D eigenvalue weighted by Gasteiger charge is 2.48. The Labute approximate surface area is 214 Å². The Balaban J connectivity index is 1.46. The maximum absolute atomic E-state index is 13.2. The molecule has 0 saturated carbocycles. The minimum atomic E-state index is -0.500. The number of amides is 1. The number of benzene rings is 1. The minimum Gasteiger partial charge on any atom is -0.444 e. The summed E-state index contributed by atoms with van der Waals surface area (Å²) in [4.78, 5) is 27.2. The van der Waals surface area contributed by atoms with Crippen LogP contribution in [0.15, 0.2) is 24.5 Å². The standard InChI is InChI=1S/C29H39N5O2/c1-19-10-11-21-24(19)26(32-18-31-21)34-17-29(12-14-30-15-13-29)25-20(7-5-8-23(25)34)22-9-6-16-33(22)27(35)36-28(2,3)4/h5,7-8,18-19,22,30H,6,9-17H2,1-4H3/t19-,22-/m1/s1. The van der Waals surface area contributed by atoms with Crippen LogP contribution >= 0.6 is 0 Å². The van der Waals surface area contributed by atoms with Crippen LogP contribution in [0, 0.1) is 0 Å². The van der Waals surface area contributed by atoms with E-state index in [4.69, 9.17) is 9.72 Å². The molecule has 4 heterocycles. The lowest BCUT2D eigenvalue weighted by atomic mass is 9.72. The predicted octanol–water partition coefficient (Wildman–Crippen LogP) is 5.37. The van der Waals surface area contributed by atoms with Gasteiger partial charge < -0.3 is 19.9 Å². The summed E-state index contributed by atoms with van der Waals surface area (Å²) in [6, 6.07) is 6.78. The number of fused-ring (bicyclic) bond motifs is 3. The van der Waals surface area contributed by atoms with Crippen molar-refractivity contribution >= 4 is 17.6 Å². The van der Waals surface area contributed by atoms with Gasteiger partial charge in [-0.3, -0.25) is 0 Å². The third-order valence-corrected chi connectivity index (χ3v) is 8.67. The number of carbonyl (C=O) groups is 1. The molecule has 7 heteroatoms. The van der Waals surface area contributed by atoms with E-state index in [0.29, 0.717) is 5.92 Å². The molecule has 1 aliphatic carbocycles. The Bertz CT molecular complexity index is 1170. The number of nitrogens with one attached hydrogen (secondary N) is 1. The SMILES string of the molecule is C[C@@H]1CCc2ncnc(N3CC4(CCNCC4)c4c([C@H]5CCCN5C(=O)OC(C)(C)C)cccc43)c21. The average Bonchev–Trinajstić information content (AvgIpc) is 3.56. The van der Waals surface area contributed by atoms with Crippen molar-refractivity contribution in [2.75, 3.05) is 31.1 Å². The molecule has 3 aliphatic heterocycles. The zero-order valence-corrected chi connectivity index (χ0v) is 22.1. The summed E-state index contributed by atoms with van der Waals surface area (Å²) in [5.74, 6) is 1.57. The minimum absolute atomic E-state index is 0.0524. The van der Waals surface area contributed by atoms with E-state index < -0.39 is 5.60 Å². The van der Waals surface area contributed by atoms with Gasteiger partial charge in [-0.05, 0) is 95.5 Å². The molecule has 2 aromatic rings. The van der Waals surface area contributed by atoms with Crippen molar-refractivity contribution in [3.05, 3.63) is 46.9 Å². The maximum Gasteiger partial charge on any atom is 0.410 e. The van der Waals surface area contributed by atoms with Crippen molar-refractivity contribution in [3.8, 4) is 0 Å². The van der Waals surface area contributed by atoms with E-state index in [1.54, 1.807) is 6.33 Å². The van der Waals surface area contributed by atoms with Crippen LogP contribution in [0.4, 0.5) is 16.3 Å². The van der Waals surface area contributed by atoms with Gasteiger partial charge in [-0.2, -0.15) is 0 Å². The van der Waals surface area contributed by atoms with E-state index in [0.717, 1.165) is 70.5 Å². The number of rotatable bonds is 2. The summed E-state index contributed by atoms with van der Waals surface area (Å²) in [5.41, 5.74) is 6.10. The summed E-state index contributed by atoms with van der Waals surface area (Å²) < 4.78 is 5.83. The normalized spacial score (nSPS) is 24.8. The summed E-state index contributed by atoms with van der Waals surface area (Å²) >= 11 is 0.